The smallest absolute Gasteiger partial charge is 0.258 e. The zero-order valence-electron chi connectivity index (χ0n) is 14.7. The molecular formula is C18H20N2O3S2. The van der Waals surface area contributed by atoms with Crippen LogP contribution in [-0.2, 0) is 11.5 Å². The monoisotopic (exact) mass is 376 g/mol. The summed E-state index contributed by atoms with van der Waals surface area (Å²) in [4.78, 5) is 17.6. The minimum Gasteiger partial charge on any atom is -0.493 e. The van der Waals surface area contributed by atoms with Crippen LogP contribution in [0.4, 0.5) is 0 Å². The molecule has 7 heteroatoms. The van der Waals surface area contributed by atoms with Crippen molar-refractivity contribution in [3.63, 3.8) is 0 Å². The van der Waals surface area contributed by atoms with E-state index < -0.39 is 0 Å². The molecule has 0 aliphatic carbocycles. The lowest BCUT2D eigenvalue weighted by Gasteiger charge is -2.12. The highest BCUT2D eigenvalue weighted by atomic mass is 32.2. The standard InChI is InChI=1S/C18H20N2O3S2/c1-11-5-15(22-3)16(23-4)6-13(11)9-24-10-14-7-17(21)20-12(2)8-25-18(20)19-14/h5-8H,9-10H2,1-4H3. The molecule has 0 unspecified atom stereocenters. The molecule has 0 amide bonds. The minimum atomic E-state index is -0.0124. The summed E-state index contributed by atoms with van der Waals surface area (Å²) in [6.45, 7) is 3.98. The van der Waals surface area contributed by atoms with Crippen LogP contribution in [0.3, 0.4) is 0 Å². The van der Waals surface area contributed by atoms with E-state index in [1.54, 1.807) is 36.4 Å². The van der Waals surface area contributed by atoms with Crippen molar-refractivity contribution in [3.05, 3.63) is 56.4 Å². The zero-order chi connectivity index (χ0) is 18.0. The molecule has 0 bridgehead atoms. The van der Waals surface area contributed by atoms with Crippen molar-refractivity contribution < 1.29 is 9.47 Å². The second-order valence-electron chi connectivity index (χ2n) is 5.71. The van der Waals surface area contributed by atoms with E-state index in [2.05, 4.69) is 11.9 Å². The van der Waals surface area contributed by atoms with Crippen LogP contribution in [0, 0.1) is 13.8 Å². The molecule has 3 rings (SSSR count). The number of fused-ring (bicyclic) bond motifs is 1. The molecular weight excluding hydrogens is 356 g/mol. The van der Waals surface area contributed by atoms with Crippen molar-refractivity contribution in [1.29, 1.82) is 0 Å². The van der Waals surface area contributed by atoms with E-state index in [-0.39, 0.29) is 5.56 Å². The number of nitrogens with zero attached hydrogens (tertiary/aromatic N) is 2. The fraction of sp³-hybridized carbons (Fsp3) is 0.333. The Balaban J connectivity index is 1.74. The molecule has 0 fully saturated rings. The summed E-state index contributed by atoms with van der Waals surface area (Å²) in [7, 11) is 3.28. The molecule has 132 valence electrons. The van der Waals surface area contributed by atoms with Gasteiger partial charge in [-0.2, -0.15) is 11.8 Å². The van der Waals surface area contributed by atoms with Gasteiger partial charge in [0, 0.05) is 28.6 Å². The summed E-state index contributed by atoms with van der Waals surface area (Å²) in [6.07, 6.45) is 0. The molecule has 0 saturated carbocycles. The Morgan fingerprint density at radius 3 is 2.56 bits per heavy atom. The summed E-state index contributed by atoms with van der Waals surface area (Å²) in [5.74, 6) is 2.98. The van der Waals surface area contributed by atoms with Crippen molar-refractivity contribution in [2.24, 2.45) is 0 Å². The number of hydrogen-bond acceptors (Lipinski definition) is 6. The van der Waals surface area contributed by atoms with Crippen LogP contribution in [0.5, 0.6) is 11.5 Å². The summed E-state index contributed by atoms with van der Waals surface area (Å²) in [5.41, 5.74) is 4.07. The van der Waals surface area contributed by atoms with Gasteiger partial charge >= 0.3 is 0 Å². The fourth-order valence-corrected chi connectivity index (χ4v) is 4.50. The lowest BCUT2D eigenvalue weighted by Crippen LogP contribution is -2.14. The second kappa shape index (κ2) is 7.49. The van der Waals surface area contributed by atoms with Gasteiger partial charge in [-0.25, -0.2) is 4.98 Å². The minimum absolute atomic E-state index is 0.0124. The summed E-state index contributed by atoms with van der Waals surface area (Å²) in [5, 5.41) is 1.95. The molecule has 3 aromatic rings. The van der Waals surface area contributed by atoms with E-state index >= 15 is 0 Å². The quantitative estimate of drug-likeness (QED) is 0.654. The van der Waals surface area contributed by atoms with Gasteiger partial charge in [0.1, 0.15) is 0 Å². The van der Waals surface area contributed by atoms with Crippen LogP contribution in [0.15, 0.2) is 28.4 Å². The van der Waals surface area contributed by atoms with E-state index in [0.29, 0.717) is 5.75 Å². The first-order chi connectivity index (χ1) is 12.0. The van der Waals surface area contributed by atoms with E-state index in [1.165, 1.54) is 16.9 Å². The summed E-state index contributed by atoms with van der Waals surface area (Å²) < 4.78 is 12.3. The number of rotatable bonds is 6. The maximum absolute atomic E-state index is 12.2. The Labute approximate surface area is 154 Å². The van der Waals surface area contributed by atoms with E-state index in [0.717, 1.165) is 39.2 Å². The van der Waals surface area contributed by atoms with Gasteiger partial charge in [0.25, 0.3) is 5.56 Å². The van der Waals surface area contributed by atoms with Crippen LogP contribution in [-0.4, -0.2) is 23.6 Å². The third-order valence-corrected chi connectivity index (χ3v) is 5.94. The van der Waals surface area contributed by atoms with Gasteiger partial charge in [-0.1, -0.05) is 0 Å². The highest BCUT2D eigenvalue weighted by molar-refractivity contribution is 7.97. The van der Waals surface area contributed by atoms with Gasteiger partial charge in [0.2, 0.25) is 0 Å². The highest BCUT2D eigenvalue weighted by Gasteiger charge is 2.10. The summed E-state index contributed by atoms with van der Waals surface area (Å²) in [6, 6.07) is 5.62. The third kappa shape index (κ3) is 3.67. The van der Waals surface area contributed by atoms with Crippen LogP contribution in [0.1, 0.15) is 22.5 Å². The topological polar surface area (TPSA) is 52.8 Å². The number of methoxy groups -OCH3 is 2. The van der Waals surface area contributed by atoms with Crippen LogP contribution >= 0.6 is 23.1 Å². The fourth-order valence-electron chi connectivity index (χ4n) is 2.62. The SMILES string of the molecule is COc1cc(C)c(CSCc2cc(=O)n3c(C)csc3n2)cc1OC. The Bertz CT molecular complexity index is 963. The molecule has 25 heavy (non-hydrogen) atoms. The van der Waals surface area contributed by atoms with Gasteiger partial charge in [0.15, 0.2) is 16.5 Å². The molecule has 0 aliphatic rings. The first-order valence-corrected chi connectivity index (χ1v) is 9.83. The Kier molecular flexibility index (Phi) is 5.34. The molecule has 1 aromatic carbocycles. The average Bonchev–Trinajstić information content (AvgIpc) is 2.97. The van der Waals surface area contributed by atoms with Crippen molar-refractivity contribution in [2.45, 2.75) is 25.4 Å². The largest absolute Gasteiger partial charge is 0.493 e. The Hall–Kier alpha value is -1.99. The zero-order valence-corrected chi connectivity index (χ0v) is 16.3. The molecule has 0 saturated heterocycles. The highest BCUT2D eigenvalue weighted by Crippen LogP contribution is 2.32. The molecule has 2 heterocycles. The first kappa shape index (κ1) is 17.8. The van der Waals surface area contributed by atoms with Gasteiger partial charge in [-0.15, -0.1) is 11.3 Å². The number of aryl methyl sites for hydroxylation is 2. The Morgan fingerprint density at radius 1 is 1.12 bits per heavy atom. The normalized spacial score (nSPS) is 11.0. The molecule has 0 N–H and O–H groups in total. The summed E-state index contributed by atoms with van der Waals surface area (Å²) >= 11 is 3.22. The van der Waals surface area contributed by atoms with E-state index in [1.807, 2.05) is 24.4 Å². The molecule has 2 aromatic heterocycles. The first-order valence-electron chi connectivity index (χ1n) is 7.79. The Morgan fingerprint density at radius 2 is 1.84 bits per heavy atom. The maximum Gasteiger partial charge on any atom is 0.258 e. The lowest BCUT2D eigenvalue weighted by molar-refractivity contribution is 0.354. The predicted molar refractivity (Wildman–Crippen MR) is 103 cm³/mol. The van der Waals surface area contributed by atoms with Crippen molar-refractivity contribution in [3.8, 4) is 11.5 Å². The van der Waals surface area contributed by atoms with Gasteiger partial charge in [0.05, 0.1) is 19.9 Å². The van der Waals surface area contributed by atoms with Crippen molar-refractivity contribution in [2.75, 3.05) is 14.2 Å². The van der Waals surface area contributed by atoms with Crippen LogP contribution in [0.25, 0.3) is 4.96 Å². The second-order valence-corrected chi connectivity index (χ2v) is 7.53. The number of thiazole rings is 1. The van der Waals surface area contributed by atoms with Gasteiger partial charge in [-0.05, 0) is 37.1 Å². The van der Waals surface area contributed by atoms with Gasteiger partial charge < -0.3 is 9.47 Å². The van der Waals surface area contributed by atoms with Gasteiger partial charge in [-0.3, -0.25) is 9.20 Å². The number of hydrogen-bond donors (Lipinski definition) is 0. The average molecular weight is 377 g/mol. The number of aromatic nitrogens is 2. The molecule has 5 nitrogen and oxygen atoms in total. The number of thioether (sulfide) groups is 1. The van der Waals surface area contributed by atoms with Crippen LogP contribution < -0.4 is 15.0 Å². The molecule has 0 spiro atoms. The third-order valence-electron chi connectivity index (χ3n) is 3.98. The van der Waals surface area contributed by atoms with E-state index in [9.17, 15) is 4.79 Å². The lowest BCUT2D eigenvalue weighted by atomic mass is 10.1. The van der Waals surface area contributed by atoms with Crippen LogP contribution in [0.2, 0.25) is 0 Å². The number of ether oxygens (including phenoxy) is 2. The van der Waals surface area contributed by atoms with Crippen molar-refractivity contribution in [1.82, 2.24) is 9.38 Å². The van der Waals surface area contributed by atoms with Crippen molar-refractivity contribution >= 4 is 28.1 Å². The maximum atomic E-state index is 12.2. The molecule has 0 atom stereocenters. The number of benzene rings is 1. The predicted octanol–water partition coefficient (Wildman–Crippen LogP) is 3.82. The molecule has 0 radical (unpaired) electrons. The molecule has 0 aliphatic heterocycles. The van der Waals surface area contributed by atoms with E-state index in [4.69, 9.17) is 9.47 Å².